The Morgan fingerprint density at radius 2 is 1.61 bits per heavy atom. The van der Waals surface area contributed by atoms with E-state index in [9.17, 15) is 4.79 Å². The summed E-state index contributed by atoms with van der Waals surface area (Å²) in [5.41, 5.74) is 8.02. The van der Waals surface area contributed by atoms with Crippen LogP contribution in [-0.2, 0) is 4.79 Å². The molecule has 1 amide bonds. The Balaban J connectivity index is 1.96. The van der Waals surface area contributed by atoms with Crippen LogP contribution in [0.4, 0.5) is 5.95 Å². The van der Waals surface area contributed by atoms with Crippen molar-refractivity contribution in [2.45, 2.75) is 13.0 Å². The standard InChI is InChI=1S/C23H25N5O5/c1-12-19(21(24)29)20(14-10-17(32-4)18(33-5)11-16(14)31-3)28-23(25-12)26-22(27-28)13-8-6-7-9-15(13)30-2/h6-11,20H,1-5H3,(H2,24,29)(H,25,26,27). The Kier molecular flexibility index (Phi) is 5.82. The highest BCUT2D eigenvalue weighted by molar-refractivity contribution is 5.95. The maximum Gasteiger partial charge on any atom is 0.248 e. The summed E-state index contributed by atoms with van der Waals surface area (Å²) in [6.07, 6.45) is 0. The number of carbonyl (C=O) groups is 1. The molecule has 33 heavy (non-hydrogen) atoms. The number of nitrogens with zero attached hydrogens (tertiary/aromatic N) is 3. The summed E-state index contributed by atoms with van der Waals surface area (Å²) in [5.74, 6) is 2.34. The molecule has 1 atom stereocenters. The maximum absolute atomic E-state index is 12.6. The van der Waals surface area contributed by atoms with E-state index in [0.717, 1.165) is 0 Å². The summed E-state index contributed by atoms with van der Waals surface area (Å²) < 4.78 is 23.6. The van der Waals surface area contributed by atoms with Gasteiger partial charge >= 0.3 is 0 Å². The van der Waals surface area contributed by atoms with E-state index in [4.69, 9.17) is 29.8 Å². The first-order chi connectivity index (χ1) is 15.9. The largest absolute Gasteiger partial charge is 0.496 e. The topological polar surface area (TPSA) is 123 Å². The molecule has 0 fully saturated rings. The number of benzene rings is 2. The Hall–Kier alpha value is -4.21. The van der Waals surface area contributed by atoms with E-state index in [1.54, 1.807) is 30.8 Å². The van der Waals surface area contributed by atoms with Gasteiger partial charge in [0.05, 0.1) is 39.6 Å². The minimum absolute atomic E-state index is 0.324. The third-order valence-corrected chi connectivity index (χ3v) is 5.50. The molecule has 10 nitrogen and oxygen atoms in total. The smallest absolute Gasteiger partial charge is 0.248 e. The van der Waals surface area contributed by atoms with Crippen molar-refractivity contribution in [3.63, 3.8) is 0 Å². The van der Waals surface area contributed by atoms with Crippen LogP contribution in [0.25, 0.3) is 11.4 Å². The van der Waals surface area contributed by atoms with Crippen molar-refractivity contribution < 1.29 is 23.7 Å². The molecule has 1 aliphatic rings. The number of para-hydroxylation sites is 1. The van der Waals surface area contributed by atoms with Crippen molar-refractivity contribution in [2.24, 2.45) is 5.73 Å². The SMILES string of the molecule is COc1cc(OC)c(C2C(C(N)=O)=C(C)Nc3nc(-c4ccccc4OC)nn32)cc1OC. The average molecular weight is 451 g/mol. The molecule has 1 aromatic heterocycles. The van der Waals surface area contributed by atoms with Crippen molar-refractivity contribution in [1.29, 1.82) is 0 Å². The fourth-order valence-corrected chi connectivity index (χ4v) is 3.97. The molecule has 10 heteroatoms. The number of allylic oxidation sites excluding steroid dienone is 1. The van der Waals surface area contributed by atoms with Gasteiger partial charge in [0.25, 0.3) is 0 Å². The molecular weight excluding hydrogens is 426 g/mol. The van der Waals surface area contributed by atoms with Crippen LogP contribution in [0, 0.1) is 0 Å². The second-order valence-corrected chi connectivity index (χ2v) is 7.28. The van der Waals surface area contributed by atoms with Crippen LogP contribution in [0.3, 0.4) is 0 Å². The first kappa shape index (κ1) is 22.0. The Bertz CT molecular complexity index is 1250. The summed E-state index contributed by atoms with van der Waals surface area (Å²) in [5, 5.41) is 7.86. The molecular formula is C23H25N5O5. The number of aromatic nitrogens is 3. The van der Waals surface area contributed by atoms with Crippen LogP contribution in [0.15, 0.2) is 47.7 Å². The quantitative estimate of drug-likeness (QED) is 0.562. The summed E-state index contributed by atoms with van der Waals surface area (Å²) in [6, 6.07) is 10.2. The zero-order chi connectivity index (χ0) is 23.7. The van der Waals surface area contributed by atoms with Crippen LogP contribution >= 0.6 is 0 Å². The second kappa shape index (κ2) is 8.73. The molecule has 1 aliphatic heterocycles. The predicted molar refractivity (Wildman–Crippen MR) is 122 cm³/mol. The fraction of sp³-hybridized carbons (Fsp3) is 0.261. The van der Waals surface area contributed by atoms with Gasteiger partial charge in [0, 0.05) is 17.3 Å². The van der Waals surface area contributed by atoms with Crippen LogP contribution < -0.4 is 30.0 Å². The molecule has 4 rings (SSSR count). The molecule has 2 heterocycles. The highest BCUT2D eigenvalue weighted by Crippen LogP contribution is 2.44. The normalized spacial score (nSPS) is 14.9. The van der Waals surface area contributed by atoms with Crippen molar-refractivity contribution in [2.75, 3.05) is 33.8 Å². The third kappa shape index (κ3) is 3.69. The first-order valence-electron chi connectivity index (χ1n) is 10.1. The highest BCUT2D eigenvalue weighted by Gasteiger charge is 2.36. The van der Waals surface area contributed by atoms with Gasteiger partial charge in [-0.25, -0.2) is 4.68 Å². The highest BCUT2D eigenvalue weighted by atomic mass is 16.5. The Morgan fingerprint density at radius 3 is 2.24 bits per heavy atom. The van der Waals surface area contributed by atoms with Crippen LogP contribution in [0.2, 0.25) is 0 Å². The fourth-order valence-electron chi connectivity index (χ4n) is 3.97. The maximum atomic E-state index is 12.6. The van der Waals surface area contributed by atoms with Gasteiger partial charge in [0.2, 0.25) is 11.9 Å². The molecule has 172 valence electrons. The first-order valence-corrected chi connectivity index (χ1v) is 10.1. The monoisotopic (exact) mass is 451 g/mol. The van der Waals surface area contributed by atoms with Crippen LogP contribution in [-0.4, -0.2) is 49.1 Å². The lowest BCUT2D eigenvalue weighted by Crippen LogP contribution is -2.32. The number of primary amides is 1. The number of ether oxygens (including phenoxy) is 4. The van der Waals surface area contributed by atoms with Gasteiger partial charge in [0.15, 0.2) is 17.3 Å². The van der Waals surface area contributed by atoms with Gasteiger partial charge in [-0.1, -0.05) is 12.1 Å². The van der Waals surface area contributed by atoms with E-state index in [1.165, 1.54) is 21.3 Å². The lowest BCUT2D eigenvalue weighted by molar-refractivity contribution is -0.115. The van der Waals surface area contributed by atoms with E-state index in [2.05, 4.69) is 10.3 Å². The number of carbonyl (C=O) groups excluding carboxylic acids is 1. The number of amides is 1. The molecule has 0 radical (unpaired) electrons. The molecule has 0 bridgehead atoms. The van der Waals surface area contributed by atoms with Gasteiger partial charge in [0.1, 0.15) is 17.5 Å². The molecule has 2 aromatic carbocycles. The zero-order valence-corrected chi connectivity index (χ0v) is 19.0. The third-order valence-electron chi connectivity index (χ3n) is 5.50. The zero-order valence-electron chi connectivity index (χ0n) is 19.0. The van der Waals surface area contributed by atoms with E-state index in [1.807, 2.05) is 24.3 Å². The summed E-state index contributed by atoms with van der Waals surface area (Å²) in [4.78, 5) is 17.2. The number of methoxy groups -OCH3 is 4. The Labute approximate surface area is 190 Å². The van der Waals surface area contributed by atoms with Crippen LogP contribution in [0.5, 0.6) is 23.0 Å². The Morgan fingerprint density at radius 1 is 0.970 bits per heavy atom. The van der Waals surface area contributed by atoms with Crippen molar-refractivity contribution in [3.8, 4) is 34.4 Å². The van der Waals surface area contributed by atoms with Gasteiger partial charge in [-0.05, 0) is 25.1 Å². The van der Waals surface area contributed by atoms with Crippen LogP contribution in [0.1, 0.15) is 18.5 Å². The second-order valence-electron chi connectivity index (χ2n) is 7.28. The minimum atomic E-state index is -0.718. The van der Waals surface area contributed by atoms with Crippen molar-refractivity contribution in [3.05, 3.63) is 53.2 Å². The van der Waals surface area contributed by atoms with E-state index >= 15 is 0 Å². The molecule has 3 aromatic rings. The lowest BCUT2D eigenvalue weighted by atomic mass is 9.94. The number of nitrogens with two attached hydrogens (primary N) is 1. The summed E-state index contributed by atoms with van der Waals surface area (Å²) in [7, 11) is 6.19. The predicted octanol–water partition coefficient (Wildman–Crippen LogP) is 2.75. The van der Waals surface area contributed by atoms with Crippen molar-refractivity contribution >= 4 is 11.9 Å². The minimum Gasteiger partial charge on any atom is -0.496 e. The van der Waals surface area contributed by atoms with Gasteiger partial charge in [-0.15, -0.1) is 5.10 Å². The number of hydrogen-bond donors (Lipinski definition) is 2. The van der Waals surface area contributed by atoms with Gasteiger partial charge in [-0.2, -0.15) is 4.98 Å². The number of hydrogen-bond acceptors (Lipinski definition) is 8. The number of fused-ring (bicyclic) bond motifs is 1. The molecule has 1 unspecified atom stereocenters. The molecule has 0 aliphatic carbocycles. The number of nitrogens with one attached hydrogen (secondary N) is 1. The van der Waals surface area contributed by atoms with Gasteiger partial charge < -0.3 is 30.0 Å². The molecule has 0 saturated heterocycles. The van der Waals surface area contributed by atoms with Gasteiger partial charge in [-0.3, -0.25) is 4.79 Å². The number of rotatable bonds is 7. The molecule has 0 saturated carbocycles. The molecule has 0 spiro atoms. The summed E-state index contributed by atoms with van der Waals surface area (Å²) >= 11 is 0. The van der Waals surface area contributed by atoms with E-state index < -0.39 is 11.9 Å². The lowest BCUT2D eigenvalue weighted by Gasteiger charge is -2.29. The number of anilines is 1. The molecule has 3 N–H and O–H groups in total. The van der Waals surface area contributed by atoms with E-state index in [-0.39, 0.29) is 0 Å². The van der Waals surface area contributed by atoms with Crippen molar-refractivity contribution in [1.82, 2.24) is 14.8 Å². The van der Waals surface area contributed by atoms with E-state index in [0.29, 0.717) is 57.2 Å². The average Bonchev–Trinajstić information content (AvgIpc) is 3.25. The summed E-state index contributed by atoms with van der Waals surface area (Å²) in [6.45, 7) is 1.77.